The Morgan fingerprint density at radius 1 is 1.04 bits per heavy atom. The SMILES string of the molecule is BBB(B)C1(B(B)B)C(=O)C(C)(C)C(C)(C)N(C(=O)OC(C)(C)C)C1(C)C. The van der Waals surface area contributed by atoms with Crippen molar-refractivity contribution in [2.75, 3.05) is 0 Å². The Morgan fingerprint density at radius 2 is 1.48 bits per heavy atom. The molecule has 0 radical (unpaired) electrons. The van der Waals surface area contributed by atoms with Crippen LogP contribution in [0.4, 0.5) is 4.79 Å². The molecule has 1 unspecified atom stereocenters. The zero-order chi connectivity index (χ0) is 21.8. The summed E-state index contributed by atoms with van der Waals surface area (Å²) < 4.78 is 5.84. The molecule has 1 fully saturated rings. The Kier molecular flexibility index (Phi) is 6.35. The molecule has 27 heavy (non-hydrogen) atoms. The lowest BCUT2D eigenvalue weighted by molar-refractivity contribution is -0.156. The van der Waals surface area contributed by atoms with Crippen LogP contribution in [-0.2, 0) is 9.53 Å². The Balaban J connectivity index is 3.86. The minimum Gasteiger partial charge on any atom is -0.444 e. The Labute approximate surface area is 172 Å². The molecule has 1 aliphatic heterocycles. The molecule has 11 heteroatoms. The summed E-state index contributed by atoms with van der Waals surface area (Å²) in [5.41, 5.74) is -2.66. The van der Waals surface area contributed by atoms with Crippen LogP contribution in [0.1, 0.15) is 62.3 Å². The zero-order valence-electron chi connectivity index (χ0n) is 20.0. The standard InChI is InChI=1S/C16H36B7NO3/c1-12(2,3)27-11(26)24-14(6,7)13(4,5)10(25)16(22(18)19,15(24,8)9)23(20)21-17/h21H,17-20H2,1-9H3. The molecule has 0 bridgehead atoms. The predicted molar refractivity (Wildman–Crippen MR) is 131 cm³/mol. The fourth-order valence-corrected chi connectivity index (χ4v) is 5.69. The summed E-state index contributed by atoms with van der Waals surface area (Å²) in [4.78, 5) is 29.4. The van der Waals surface area contributed by atoms with Crippen LogP contribution in [0.15, 0.2) is 0 Å². The van der Waals surface area contributed by atoms with Gasteiger partial charge in [-0.2, -0.15) is 0 Å². The van der Waals surface area contributed by atoms with Gasteiger partial charge in [-0.25, -0.2) is 4.79 Å². The number of carbonyl (C=O) groups excluding carboxylic acids is 2. The van der Waals surface area contributed by atoms with Gasteiger partial charge in [0.25, 0.3) is 0 Å². The molecule has 1 rings (SSSR count). The molecule has 1 saturated heterocycles. The van der Waals surface area contributed by atoms with Crippen LogP contribution in [0.2, 0.25) is 5.21 Å². The molecule has 4 nitrogen and oxygen atoms in total. The Hall–Kier alpha value is -0.605. The van der Waals surface area contributed by atoms with E-state index in [0.717, 1.165) is 7.06 Å². The van der Waals surface area contributed by atoms with E-state index >= 15 is 0 Å². The predicted octanol–water partition coefficient (Wildman–Crippen LogP) is -1.47. The average Bonchev–Trinajstić information content (AvgIpc) is 2.42. The molecular weight excluding hydrogens is 330 g/mol. The van der Waals surface area contributed by atoms with Gasteiger partial charge in [-0.05, 0) is 53.7 Å². The van der Waals surface area contributed by atoms with Crippen molar-refractivity contribution in [3.8, 4) is 0 Å². The van der Waals surface area contributed by atoms with Gasteiger partial charge >= 0.3 is 6.09 Å². The Bertz CT molecular complexity index is 616. The van der Waals surface area contributed by atoms with Crippen molar-refractivity contribution in [1.82, 2.24) is 4.90 Å². The van der Waals surface area contributed by atoms with E-state index < -0.39 is 27.3 Å². The number of Topliss-reactive ketones (excluding diaryl/α,β-unsaturated/α-hetero) is 1. The highest BCUT2D eigenvalue weighted by molar-refractivity contribution is 7.53. The largest absolute Gasteiger partial charge is 0.444 e. The number of piperidine rings is 1. The van der Waals surface area contributed by atoms with E-state index in [1.54, 1.807) is 0 Å². The van der Waals surface area contributed by atoms with Gasteiger partial charge in [0.15, 0.2) is 0 Å². The Morgan fingerprint density at radius 3 is 1.81 bits per heavy atom. The quantitative estimate of drug-likeness (QED) is 0.573. The van der Waals surface area contributed by atoms with Gasteiger partial charge in [0.1, 0.15) is 11.4 Å². The maximum Gasteiger partial charge on any atom is 0.411 e. The number of hydrogen-bond donors (Lipinski definition) is 0. The smallest absolute Gasteiger partial charge is 0.411 e. The summed E-state index contributed by atoms with van der Waals surface area (Å²) in [6.45, 7) is 18.0. The molecule has 1 heterocycles. The number of nitrogens with zero attached hydrogens (tertiary/aromatic N) is 1. The first-order chi connectivity index (χ1) is 11.8. The third-order valence-corrected chi connectivity index (χ3v) is 7.48. The van der Waals surface area contributed by atoms with E-state index in [-0.39, 0.29) is 24.9 Å². The van der Waals surface area contributed by atoms with Gasteiger partial charge in [-0.3, -0.25) is 9.69 Å². The van der Waals surface area contributed by atoms with E-state index in [0.29, 0.717) is 0 Å². The second-order valence-electron chi connectivity index (χ2n) is 11.2. The van der Waals surface area contributed by atoms with Crippen LogP contribution in [0.25, 0.3) is 0 Å². The van der Waals surface area contributed by atoms with Crippen molar-refractivity contribution < 1.29 is 14.3 Å². The number of ether oxygens (including phenoxy) is 1. The second-order valence-corrected chi connectivity index (χ2v) is 11.2. The van der Waals surface area contributed by atoms with Gasteiger partial charge in [0.05, 0.1) is 49.5 Å². The highest BCUT2D eigenvalue weighted by atomic mass is 16.6. The maximum absolute atomic E-state index is 14.1. The zero-order valence-corrected chi connectivity index (χ0v) is 20.0. The topological polar surface area (TPSA) is 46.6 Å². The third kappa shape index (κ3) is 3.35. The highest BCUT2D eigenvalue weighted by Crippen LogP contribution is 2.60. The van der Waals surface area contributed by atoms with E-state index in [9.17, 15) is 9.59 Å². The summed E-state index contributed by atoms with van der Waals surface area (Å²) in [7, 11) is 9.40. The van der Waals surface area contributed by atoms with Crippen molar-refractivity contribution in [3.05, 3.63) is 0 Å². The number of ketones is 1. The van der Waals surface area contributed by atoms with Gasteiger partial charge in [0.2, 0.25) is 0 Å². The first kappa shape index (κ1) is 24.4. The van der Waals surface area contributed by atoms with Gasteiger partial charge in [-0.1, -0.05) is 13.8 Å². The monoisotopic (exact) mass is 367 g/mol. The van der Waals surface area contributed by atoms with E-state index in [2.05, 4.69) is 44.8 Å². The lowest BCUT2D eigenvalue weighted by Gasteiger charge is -2.69. The molecule has 1 atom stereocenters. The molecule has 144 valence electrons. The van der Waals surface area contributed by atoms with Crippen LogP contribution in [0.3, 0.4) is 0 Å². The third-order valence-electron chi connectivity index (χ3n) is 7.48. The fourth-order valence-electron chi connectivity index (χ4n) is 5.69. The van der Waals surface area contributed by atoms with Gasteiger partial charge in [-0.15, -0.1) is 0 Å². The van der Waals surface area contributed by atoms with Crippen LogP contribution in [-0.4, -0.2) is 84.5 Å². The summed E-state index contributed by atoms with van der Waals surface area (Å²) in [5.74, 6) is 0.258. The molecule has 0 aromatic carbocycles. The summed E-state index contributed by atoms with van der Waals surface area (Å²) in [6, 6.07) is 0. The van der Waals surface area contributed by atoms with Crippen LogP contribution in [0.5, 0.6) is 0 Å². The summed E-state index contributed by atoms with van der Waals surface area (Å²) >= 11 is 0. The van der Waals surface area contributed by atoms with Crippen LogP contribution in [0, 0.1) is 5.41 Å². The molecule has 0 aromatic rings. The minimum absolute atomic E-state index is 0.0928. The number of rotatable bonds is 3. The van der Waals surface area contributed by atoms with Crippen molar-refractivity contribution in [1.29, 1.82) is 0 Å². The molecular formula is C16H36B7NO3. The van der Waals surface area contributed by atoms with Crippen molar-refractivity contribution >= 4 is 62.9 Å². The summed E-state index contributed by atoms with van der Waals surface area (Å²) in [5, 5.41) is -0.655. The van der Waals surface area contributed by atoms with Crippen LogP contribution < -0.4 is 0 Å². The fraction of sp³-hybridized carbons (Fsp3) is 0.875. The second kappa shape index (κ2) is 7.02. The number of carbonyl (C=O) groups is 2. The number of likely N-dealkylation sites (tertiary alicyclic amines) is 1. The molecule has 0 aromatic heterocycles. The molecule has 0 spiro atoms. The lowest BCUT2D eigenvalue weighted by Crippen LogP contribution is -2.82. The lowest BCUT2D eigenvalue weighted by atomic mass is 8.84. The average molecular weight is 366 g/mol. The van der Waals surface area contributed by atoms with Crippen molar-refractivity contribution in [2.24, 2.45) is 5.41 Å². The molecule has 0 aliphatic carbocycles. The van der Waals surface area contributed by atoms with E-state index in [4.69, 9.17) is 4.74 Å². The normalized spacial score (nSPS) is 26.3. The maximum atomic E-state index is 14.1. The molecule has 1 aliphatic rings. The van der Waals surface area contributed by atoms with Crippen molar-refractivity contribution in [2.45, 2.75) is 84.2 Å². The number of amides is 1. The van der Waals surface area contributed by atoms with Crippen molar-refractivity contribution in [3.63, 3.8) is 0 Å². The highest BCUT2D eigenvalue weighted by Gasteiger charge is 2.71. The molecule has 0 N–H and O–H groups in total. The number of hydrogen-bond acceptors (Lipinski definition) is 3. The first-order valence-corrected chi connectivity index (χ1v) is 10.4. The summed E-state index contributed by atoms with van der Waals surface area (Å²) in [6.07, 6.45) is -0.341. The molecule has 0 saturated carbocycles. The van der Waals surface area contributed by atoms with Crippen LogP contribution >= 0.6 is 0 Å². The van der Waals surface area contributed by atoms with Gasteiger partial charge < -0.3 is 4.74 Å². The minimum atomic E-state index is -0.701. The van der Waals surface area contributed by atoms with Gasteiger partial charge in [0, 0.05) is 18.0 Å². The van der Waals surface area contributed by atoms with E-state index in [1.807, 2.05) is 53.4 Å². The first-order valence-electron chi connectivity index (χ1n) is 10.4. The molecule has 1 amide bonds. The van der Waals surface area contributed by atoms with E-state index in [1.165, 1.54) is 0 Å².